The predicted molar refractivity (Wildman–Crippen MR) is 88.9 cm³/mol. The lowest BCUT2D eigenvalue weighted by Gasteiger charge is -2.16. The Bertz CT molecular complexity index is 744. The van der Waals surface area contributed by atoms with Crippen molar-refractivity contribution in [1.82, 2.24) is 0 Å². The molecule has 128 valence electrons. The number of benzene rings is 1. The van der Waals surface area contributed by atoms with Crippen molar-refractivity contribution in [3.05, 3.63) is 53.8 Å². The molecule has 1 aromatic rings. The van der Waals surface area contributed by atoms with Crippen LogP contribution in [0.1, 0.15) is 18.4 Å². The first-order valence-corrected chi connectivity index (χ1v) is 8.86. The van der Waals surface area contributed by atoms with Crippen LogP contribution < -0.4 is 0 Å². The van der Waals surface area contributed by atoms with Crippen LogP contribution in [-0.2, 0) is 15.8 Å². The fourth-order valence-corrected chi connectivity index (χ4v) is 2.87. The molecule has 0 spiro atoms. The number of carbonyl (C=O) groups is 1. The van der Waals surface area contributed by atoms with Gasteiger partial charge < -0.3 is 20.0 Å². The molecule has 0 aliphatic heterocycles. The van der Waals surface area contributed by atoms with Crippen molar-refractivity contribution in [3.63, 3.8) is 0 Å². The van der Waals surface area contributed by atoms with E-state index >= 15 is 0 Å². The van der Waals surface area contributed by atoms with Crippen LogP contribution >= 0.6 is 7.75 Å². The Morgan fingerprint density at radius 3 is 2.42 bits per heavy atom. The molecule has 0 saturated heterocycles. The first-order chi connectivity index (χ1) is 11.2. The van der Waals surface area contributed by atoms with Crippen LogP contribution in [0.25, 0.3) is 0 Å². The van der Waals surface area contributed by atoms with Crippen LogP contribution in [0.4, 0.5) is 0 Å². The van der Waals surface area contributed by atoms with Crippen molar-refractivity contribution in [2.45, 2.75) is 19.3 Å². The molecule has 2 rings (SSSR count). The molecule has 1 aliphatic carbocycles. The second kappa shape index (κ2) is 7.57. The van der Waals surface area contributed by atoms with E-state index < -0.39 is 13.7 Å². The molecule has 0 radical (unpaired) electrons. The lowest BCUT2D eigenvalue weighted by molar-refractivity contribution is -0.120. The van der Waals surface area contributed by atoms with E-state index in [0.29, 0.717) is 12.8 Å². The van der Waals surface area contributed by atoms with Gasteiger partial charge in [0.15, 0.2) is 0 Å². The van der Waals surface area contributed by atoms with Gasteiger partial charge in [-0.25, -0.2) is 4.57 Å². The normalized spacial score (nSPS) is 19.3. The molecule has 1 unspecified atom stereocenters. The molecular formula is C16H18NO6P. The van der Waals surface area contributed by atoms with E-state index in [1.165, 1.54) is 18.2 Å². The molecule has 0 bridgehead atoms. The highest BCUT2D eigenvalue weighted by atomic mass is 31.2. The van der Waals surface area contributed by atoms with Gasteiger partial charge in [-0.1, -0.05) is 12.1 Å². The summed E-state index contributed by atoms with van der Waals surface area (Å²) in [5.74, 6) is -1.22. The molecule has 1 atom stereocenters. The molecule has 0 heterocycles. The van der Waals surface area contributed by atoms with E-state index in [9.17, 15) is 19.6 Å². The largest absolute Gasteiger partial charge is 0.508 e. The number of aliphatic hydroxyl groups excluding tert-OH is 1. The van der Waals surface area contributed by atoms with E-state index in [2.05, 4.69) is 4.76 Å². The standard InChI is InChI=1S/C16H18NO6P/c18-12-6-4-11(5-7-12)2-1-3-16(20)14-10-13(19)8-9-15(14)17-24(21,22)23/h4-10,14,18-19H,1-3H2,(H2,21,22,23)/b17-15+. The van der Waals surface area contributed by atoms with Crippen molar-refractivity contribution >= 4 is 19.2 Å². The van der Waals surface area contributed by atoms with Crippen LogP contribution in [0.2, 0.25) is 0 Å². The summed E-state index contributed by atoms with van der Waals surface area (Å²) < 4.78 is 14.3. The highest BCUT2D eigenvalue weighted by Gasteiger charge is 2.26. The number of nitrogens with zero attached hydrogens (tertiary/aromatic N) is 1. The zero-order valence-electron chi connectivity index (χ0n) is 12.7. The van der Waals surface area contributed by atoms with Gasteiger partial charge in [-0.2, -0.15) is 4.76 Å². The number of aliphatic hydroxyl groups is 1. The smallest absolute Gasteiger partial charge is 0.448 e. The Morgan fingerprint density at radius 1 is 1.12 bits per heavy atom. The Balaban J connectivity index is 2.01. The van der Waals surface area contributed by atoms with E-state index in [4.69, 9.17) is 9.79 Å². The zero-order valence-corrected chi connectivity index (χ0v) is 13.6. The quantitative estimate of drug-likeness (QED) is 0.583. The van der Waals surface area contributed by atoms with Gasteiger partial charge in [0, 0.05) is 6.42 Å². The van der Waals surface area contributed by atoms with Crippen LogP contribution in [0.3, 0.4) is 0 Å². The lowest BCUT2D eigenvalue weighted by atomic mass is 9.90. The third-order valence-electron chi connectivity index (χ3n) is 3.50. The number of phenolic OH excluding ortho intramolecular Hbond substituents is 1. The number of carbonyl (C=O) groups excluding carboxylic acids is 1. The molecule has 24 heavy (non-hydrogen) atoms. The summed E-state index contributed by atoms with van der Waals surface area (Å²) >= 11 is 0. The molecule has 7 nitrogen and oxygen atoms in total. The second-order valence-electron chi connectivity index (χ2n) is 5.43. The molecule has 8 heteroatoms. The summed E-state index contributed by atoms with van der Waals surface area (Å²) in [4.78, 5) is 30.2. The van der Waals surface area contributed by atoms with Crippen molar-refractivity contribution < 1.29 is 29.4 Å². The molecule has 0 fully saturated rings. The predicted octanol–water partition coefficient (Wildman–Crippen LogP) is 2.45. The van der Waals surface area contributed by atoms with Crippen LogP contribution in [0.5, 0.6) is 5.75 Å². The summed E-state index contributed by atoms with van der Waals surface area (Å²) in [6, 6.07) is 6.65. The van der Waals surface area contributed by atoms with Gasteiger partial charge in [-0.15, -0.1) is 0 Å². The molecule has 0 aromatic heterocycles. The first kappa shape index (κ1) is 18.1. The van der Waals surface area contributed by atoms with Gasteiger partial charge in [0.25, 0.3) is 0 Å². The van der Waals surface area contributed by atoms with Gasteiger partial charge in [0.2, 0.25) is 0 Å². The average molecular weight is 351 g/mol. The topological polar surface area (TPSA) is 127 Å². The number of aromatic hydroxyl groups is 1. The van der Waals surface area contributed by atoms with Crippen LogP contribution in [0, 0.1) is 5.92 Å². The number of rotatable bonds is 6. The van der Waals surface area contributed by atoms with E-state index in [1.54, 1.807) is 24.3 Å². The second-order valence-corrected chi connectivity index (χ2v) is 6.65. The summed E-state index contributed by atoms with van der Waals surface area (Å²) in [7, 11) is -4.66. The molecule has 1 aliphatic rings. The van der Waals surface area contributed by atoms with Gasteiger partial charge in [-0.05, 0) is 48.8 Å². The average Bonchev–Trinajstić information content (AvgIpc) is 2.49. The summed E-state index contributed by atoms with van der Waals surface area (Å²) in [5, 5.41) is 18.7. The van der Waals surface area contributed by atoms with E-state index in [-0.39, 0.29) is 29.4 Å². The maximum absolute atomic E-state index is 12.3. The Labute approximate surface area is 138 Å². The Kier molecular flexibility index (Phi) is 5.72. The Morgan fingerprint density at radius 2 is 1.79 bits per heavy atom. The molecule has 1 aromatic carbocycles. The van der Waals surface area contributed by atoms with Gasteiger partial charge >= 0.3 is 7.75 Å². The lowest BCUT2D eigenvalue weighted by Crippen LogP contribution is -2.23. The van der Waals surface area contributed by atoms with Crippen molar-refractivity contribution in [1.29, 1.82) is 0 Å². The fraction of sp³-hybridized carbons (Fsp3) is 0.250. The minimum atomic E-state index is -4.66. The molecule has 0 saturated carbocycles. The van der Waals surface area contributed by atoms with Crippen LogP contribution in [-0.4, -0.2) is 31.5 Å². The minimum absolute atomic E-state index is 0.0595. The number of aryl methyl sites for hydroxylation is 1. The number of hydrogen-bond acceptors (Lipinski definition) is 4. The van der Waals surface area contributed by atoms with Gasteiger partial charge in [0.05, 0.1) is 11.6 Å². The zero-order chi connectivity index (χ0) is 17.7. The van der Waals surface area contributed by atoms with E-state index in [0.717, 1.165) is 5.56 Å². The highest BCUT2D eigenvalue weighted by molar-refractivity contribution is 7.50. The van der Waals surface area contributed by atoms with E-state index in [1.807, 2.05) is 0 Å². The number of allylic oxidation sites excluding steroid dienone is 3. The minimum Gasteiger partial charge on any atom is -0.508 e. The maximum Gasteiger partial charge on any atom is 0.448 e. The first-order valence-electron chi connectivity index (χ1n) is 7.30. The molecule has 0 amide bonds. The highest BCUT2D eigenvalue weighted by Crippen LogP contribution is 2.38. The summed E-state index contributed by atoms with van der Waals surface area (Å²) in [6.07, 6.45) is 5.02. The number of ketones is 1. The SMILES string of the molecule is O=C(CCCc1ccc(O)cc1)C1C=C(O)C=C/C1=N\P(=O)(O)O. The Hall–Kier alpha value is -2.21. The number of Topliss-reactive ketones (excluding diaryl/α,β-unsaturated/α-hetero) is 1. The third-order valence-corrected chi connectivity index (χ3v) is 3.99. The number of hydrogen-bond donors (Lipinski definition) is 4. The van der Waals surface area contributed by atoms with Gasteiger partial charge in [0.1, 0.15) is 17.3 Å². The monoisotopic (exact) mass is 351 g/mol. The maximum atomic E-state index is 12.3. The van der Waals surface area contributed by atoms with Crippen LogP contribution in [0.15, 0.2) is 53.0 Å². The van der Waals surface area contributed by atoms with Gasteiger partial charge in [-0.3, -0.25) is 4.79 Å². The summed E-state index contributed by atoms with van der Waals surface area (Å²) in [5.41, 5.74) is 0.905. The fourth-order valence-electron chi connectivity index (χ4n) is 2.37. The number of phenols is 1. The van der Waals surface area contributed by atoms with Crippen molar-refractivity contribution in [2.75, 3.05) is 0 Å². The molecule has 4 N–H and O–H groups in total. The van der Waals surface area contributed by atoms with Crippen molar-refractivity contribution in [2.24, 2.45) is 10.7 Å². The molecular weight excluding hydrogens is 333 g/mol. The van der Waals surface area contributed by atoms with Crippen molar-refractivity contribution in [3.8, 4) is 5.75 Å². The summed E-state index contributed by atoms with van der Waals surface area (Å²) in [6.45, 7) is 0. The third kappa shape index (κ3) is 5.45.